The number of aromatic nitrogens is 1. The van der Waals surface area contributed by atoms with Crippen molar-refractivity contribution in [1.29, 1.82) is 0 Å². The van der Waals surface area contributed by atoms with Crippen molar-refractivity contribution in [3.05, 3.63) is 22.4 Å². The quantitative estimate of drug-likeness (QED) is 0.746. The van der Waals surface area contributed by atoms with Crippen molar-refractivity contribution in [1.82, 2.24) is 9.88 Å². The number of nitrogens with one attached hydrogen (secondary N) is 1. The summed E-state index contributed by atoms with van der Waals surface area (Å²) in [5.74, 6) is 0.739. The third-order valence-corrected chi connectivity index (χ3v) is 3.58. The number of nitrogens with zero attached hydrogens (tertiary/aromatic N) is 1. The van der Waals surface area contributed by atoms with Gasteiger partial charge in [-0.15, -0.1) is 0 Å². The normalized spacial score (nSPS) is 14.6. The van der Waals surface area contributed by atoms with Crippen LogP contribution in [0.15, 0.2) is 16.7 Å². The highest BCUT2D eigenvalue weighted by Gasteiger charge is 2.21. The fourth-order valence-corrected chi connectivity index (χ4v) is 2.42. The first-order valence-electron chi connectivity index (χ1n) is 6.92. The molecule has 1 aromatic heterocycles. The zero-order valence-electron chi connectivity index (χ0n) is 11.3. The minimum Gasteiger partial charge on any atom is -0.379 e. The Morgan fingerprint density at radius 2 is 2.37 bits per heavy atom. The molecule has 1 fully saturated rings. The highest BCUT2D eigenvalue weighted by molar-refractivity contribution is 9.10. The zero-order chi connectivity index (χ0) is 13.7. The molecule has 0 atom stereocenters. The molecule has 0 spiro atoms. The molecule has 1 N–H and O–H groups in total. The van der Waals surface area contributed by atoms with E-state index in [9.17, 15) is 4.79 Å². The summed E-state index contributed by atoms with van der Waals surface area (Å²) in [7, 11) is 0. The van der Waals surface area contributed by atoms with Crippen LogP contribution >= 0.6 is 15.9 Å². The Morgan fingerprint density at radius 1 is 1.58 bits per heavy atom. The highest BCUT2D eigenvalue weighted by atomic mass is 79.9. The molecule has 106 valence electrons. The number of amides is 1. The Kier molecular flexibility index (Phi) is 5.45. The van der Waals surface area contributed by atoms with Crippen molar-refractivity contribution < 1.29 is 9.53 Å². The van der Waals surface area contributed by atoms with Crippen molar-refractivity contribution in [3.63, 3.8) is 0 Å². The van der Waals surface area contributed by atoms with Crippen molar-refractivity contribution in [3.8, 4) is 0 Å². The molecule has 1 amide bonds. The summed E-state index contributed by atoms with van der Waals surface area (Å²) >= 11 is 3.41. The summed E-state index contributed by atoms with van der Waals surface area (Å²) in [6.45, 7) is 4.96. The van der Waals surface area contributed by atoms with Gasteiger partial charge in [-0.3, -0.25) is 4.79 Å². The molecule has 0 radical (unpaired) electrons. The van der Waals surface area contributed by atoms with E-state index in [0.29, 0.717) is 18.8 Å². The van der Waals surface area contributed by atoms with Gasteiger partial charge in [-0.25, -0.2) is 0 Å². The molecule has 19 heavy (non-hydrogen) atoms. The summed E-state index contributed by atoms with van der Waals surface area (Å²) in [6, 6.07) is 1.86. The molecule has 1 aliphatic rings. The second-order valence-electron chi connectivity index (χ2n) is 5.01. The van der Waals surface area contributed by atoms with E-state index < -0.39 is 0 Å². The molecule has 0 saturated heterocycles. The number of ether oxygens (including phenoxy) is 1. The predicted octanol–water partition coefficient (Wildman–Crippen LogP) is 2.82. The minimum absolute atomic E-state index is 0.0332. The Bertz CT molecular complexity index is 427. The van der Waals surface area contributed by atoms with Crippen LogP contribution in [0.1, 0.15) is 36.7 Å². The van der Waals surface area contributed by atoms with Crippen molar-refractivity contribution in [2.75, 3.05) is 19.8 Å². The molecular formula is C14H21BrN2O2. The van der Waals surface area contributed by atoms with Crippen LogP contribution in [0.5, 0.6) is 0 Å². The molecule has 1 heterocycles. The lowest BCUT2D eigenvalue weighted by molar-refractivity contribution is 0.0898. The lowest BCUT2D eigenvalue weighted by Crippen LogP contribution is -2.29. The van der Waals surface area contributed by atoms with Crippen molar-refractivity contribution >= 4 is 21.8 Å². The number of carbonyl (C=O) groups is 1. The van der Waals surface area contributed by atoms with Gasteiger partial charge in [0.15, 0.2) is 0 Å². The van der Waals surface area contributed by atoms with E-state index in [2.05, 4.69) is 28.2 Å². The van der Waals surface area contributed by atoms with Crippen LogP contribution in [0.3, 0.4) is 0 Å². The number of aryl methyl sites for hydroxylation is 1. The van der Waals surface area contributed by atoms with Crippen LogP contribution in [-0.2, 0) is 11.3 Å². The van der Waals surface area contributed by atoms with Gasteiger partial charge >= 0.3 is 0 Å². The minimum atomic E-state index is -0.0332. The van der Waals surface area contributed by atoms with Crippen molar-refractivity contribution in [2.24, 2.45) is 5.92 Å². The van der Waals surface area contributed by atoms with Crippen molar-refractivity contribution in [2.45, 2.75) is 32.7 Å². The molecule has 0 bridgehead atoms. The van der Waals surface area contributed by atoms with Gasteiger partial charge in [-0.1, -0.05) is 6.92 Å². The third kappa shape index (κ3) is 4.66. The maximum atomic E-state index is 12.1. The van der Waals surface area contributed by atoms with Crippen LogP contribution in [0.2, 0.25) is 0 Å². The van der Waals surface area contributed by atoms with Gasteiger partial charge in [0.2, 0.25) is 0 Å². The lowest BCUT2D eigenvalue weighted by atomic mass is 10.3. The second-order valence-corrected chi connectivity index (χ2v) is 5.93. The van der Waals surface area contributed by atoms with Crippen LogP contribution in [0.4, 0.5) is 0 Å². The van der Waals surface area contributed by atoms with Crippen LogP contribution < -0.4 is 5.32 Å². The molecule has 0 unspecified atom stereocenters. The number of rotatable bonds is 8. The maximum Gasteiger partial charge on any atom is 0.268 e. The number of halogens is 1. The highest BCUT2D eigenvalue weighted by Crippen LogP contribution is 2.28. The Labute approximate surface area is 122 Å². The van der Waals surface area contributed by atoms with E-state index in [1.54, 1.807) is 0 Å². The number of hydrogen-bond acceptors (Lipinski definition) is 2. The average molecular weight is 329 g/mol. The maximum absolute atomic E-state index is 12.1. The molecule has 1 aromatic rings. The summed E-state index contributed by atoms with van der Waals surface area (Å²) in [4.78, 5) is 12.1. The Hall–Kier alpha value is -0.810. The summed E-state index contributed by atoms with van der Waals surface area (Å²) in [5, 5.41) is 2.90. The van der Waals surface area contributed by atoms with Gasteiger partial charge in [0.1, 0.15) is 5.69 Å². The topological polar surface area (TPSA) is 43.3 Å². The molecular weight excluding hydrogens is 308 g/mol. The first-order valence-corrected chi connectivity index (χ1v) is 7.71. The molecule has 0 aliphatic heterocycles. The van der Waals surface area contributed by atoms with E-state index in [0.717, 1.165) is 30.0 Å². The largest absolute Gasteiger partial charge is 0.379 e. The molecule has 5 heteroatoms. The van der Waals surface area contributed by atoms with E-state index in [1.807, 2.05) is 16.8 Å². The smallest absolute Gasteiger partial charge is 0.268 e. The first kappa shape index (κ1) is 14.6. The average Bonchev–Trinajstić information content (AvgIpc) is 3.12. The van der Waals surface area contributed by atoms with E-state index in [1.165, 1.54) is 12.8 Å². The summed E-state index contributed by atoms with van der Waals surface area (Å²) in [5.41, 5.74) is 0.705. The molecule has 1 saturated carbocycles. The number of hydrogen-bond donors (Lipinski definition) is 1. The molecule has 1 aliphatic carbocycles. The molecule has 2 rings (SSSR count). The zero-order valence-corrected chi connectivity index (χ0v) is 12.9. The van der Waals surface area contributed by atoms with Crippen LogP contribution in [0.25, 0.3) is 0 Å². The standard InChI is InChI=1S/C14H21BrN2O2/c1-2-6-17-9-12(15)8-13(17)14(18)16-5-7-19-10-11-3-4-11/h8-9,11H,2-7,10H2,1H3,(H,16,18). The number of carbonyl (C=O) groups excluding carboxylic acids is 1. The van der Waals surface area contributed by atoms with Gasteiger partial charge < -0.3 is 14.6 Å². The molecule has 0 aromatic carbocycles. The van der Waals surface area contributed by atoms with Gasteiger partial charge in [0, 0.05) is 30.4 Å². The molecule has 4 nitrogen and oxygen atoms in total. The first-order chi connectivity index (χ1) is 9.20. The SMILES string of the molecule is CCCn1cc(Br)cc1C(=O)NCCOCC1CC1. The summed E-state index contributed by atoms with van der Waals surface area (Å²) in [6.07, 6.45) is 5.55. The van der Waals surface area contributed by atoms with E-state index >= 15 is 0 Å². The fraction of sp³-hybridized carbons (Fsp3) is 0.643. The predicted molar refractivity (Wildman–Crippen MR) is 78.3 cm³/mol. The van der Waals surface area contributed by atoms with E-state index in [-0.39, 0.29) is 5.91 Å². The van der Waals surface area contributed by atoms with Crippen LogP contribution in [-0.4, -0.2) is 30.2 Å². The van der Waals surface area contributed by atoms with E-state index in [4.69, 9.17) is 4.74 Å². The Morgan fingerprint density at radius 3 is 3.05 bits per heavy atom. The Balaban J connectivity index is 1.74. The fourth-order valence-electron chi connectivity index (χ4n) is 1.95. The summed E-state index contributed by atoms with van der Waals surface area (Å²) < 4.78 is 8.41. The monoisotopic (exact) mass is 328 g/mol. The lowest BCUT2D eigenvalue weighted by Gasteiger charge is -2.09. The van der Waals surface area contributed by atoms with Gasteiger partial charge in [0.05, 0.1) is 6.61 Å². The van der Waals surface area contributed by atoms with Crippen LogP contribution in [0, 0.1) is 5.92 Å². The third-order valence-electron chi connectivity index (χ3n) is 3.14. The van der Waals surface area contributed by atoms with Gasteiger partial charge in [-0.05, 0) is 47.2 Å². The van der Waals surface area contributed by atoms with Gasteiger partial charge in [-0.2, -0.15) is 0 Å². The second kappa shape index (κ2) is 7.10. The van der Waals surface area contributed by atoms with Gasteiger partial charge in [0.25, 0.3) is 5.91 Å².